The number of carbonyl (C=O) groups is 3. The van der Waals surface area contributed by atoms with E-state index in [2.05, 4.69) is 5.32 Å². The molecule has 1 aliphatic heterocycles. The Labute approximate surface area is 172 Å². The fourth-order valence-electron chi connectivity index (χ4n) is 3.04. The number of amides is 4. The van der Waals surface area contributed by atoms with Gasteiger partial charge < -0.3 is 18.9 Å². The summed E-state index contributed by atoms with van der Waals surface area (Å²) in [5.41, 5.74) is 0.415. The molecule has 2 aromatic rings. The average Bonchev–Trinajstić information content (AvgIpc) is 2.75. The number of hydrogen-bond acceptors (Lipinski definition) is 7. The first-order chi connectivity index (χ1) is 14.4. The predicted molar refractivity (Wildman–Crippen MR) is 108 cm³/mol. The highest BCUT2D eigenvalue weighted by Gasteiger charge is 2.38. The summed E-state index contributed by atoms with van der Waals surface area (Å²) in [4.78, 5) is 38.8. The van der Waals surface area contributed by atoms with Crippen LogP contribution in [0.4, 0.5) is 10.5 Å². The molecule has 0 saturated carbocycles. The number of hydrogen-bond donors (Lipinski definition) is 1. The van der Waals surface area contributed by atoms with Crippen LogP contribution in [0.15, 0.2) is 42.0 Å². The maximum atomic E-state index is 13.1. The minimum Gasteiger partial charge on any atom is -0.495 e. The van der Waals surface area contributed by atoms with Crippen molar-refractivity contribution in [2.45, 2.75) is 0 Å². The number of barbiturate groups is 1. The molecule has 0 aromatic heterocycles. The van der Waals surface area contributed by atoms with Gasteiger partial charge in [-0.2, -0.15) is 0 Å². The topological polar surface area (TPSA) is 103 Å². The zero-order valence-corrected chi connectivity index (χ0v) is 16.8. The largest absolute Gasteiger partial charge is 0.495 e. The molecule has 30 heavy (non-hydrogen) atoms. The maximum Gasteiger partial charge on any atom is 0.336 e. The van der Waals surface area contributed by atoms with Crippen molar-refractivity contribution in [1.29, 1.82) is 0 Å². The first-order valence-corrected chi connectivity index (χ1v) is 8.79. The van der Waals surface area contributed by atoms with Crippen molar-refractivity contribution in [1.82, 2.24) is 5.32 Å². The lowest BCUT2D eigenvalue weighted by Crippen LogP contribution is -2.54. The van der Waals surface area contributed by atoms with Crippen molar-refractivity contribution in [3.8, 4) is 23.0 Å². The summed E-state index contributed by atoms with van der Waals surface area (Å²) in [5, 5.41) is 2.18. The zero-order valence-electron chi connectivity index (χ0n) is 16.8. The number of benzene rings is 2. The van der Waals surface area contributed by atoms with E-state index in [0.29, 0.717) is 28.6 Å². The third-order valence-corrected chi connectivity index (χ3v) is 4.43. The first-order valence-electron chi connectivity index (χ1n) is 8.79. The molecular weight excluding hydrogens is 392 g/mol. The summed E-state index contributed by atoms with van der Waals surface area (Å²) < 4.78 is 21.1. The number of rotatable bonds is 6. The van der Waals surface area contributed by atoms with Crippen LogP contribution in [0.2, 0.25) is 0 Å². The second kappa shape index (κ2) is 8.56. The van der Waals surface area contributed by atoms with Gasteiger partial charge in [0.15, 0.2) is 11.5 Å². The Balaban J connectivity index is 2.09. The Morgan fingerprint density at radius 3 is 2.00 bits per heavy atom. The molecule has 3 rings (SSSR count). The molecule has 0 unspecified atom stereocenters. The van der Waals surface area contributed by atoms with E-state index in [0.717, 1.165) is 4.90 Å². The summed E-state index contributed by atoms with van der Waals surface area (Å²) >= 11 is 0. The van der Waals surface area contributed by atoms with E-state index in [1.807, 2.05) is 0 Å². The molecule has 1 saturated heterocycles. The Kier molecular flexibility index (Phi) is 5.91. The summed E-state index contributed by atoms with van der Waals surface area (Å²) in [6, 6.07) is 8.80. The Morgan fingerprint density at radius 1 is 0.833 bits per heavy atom. The fraction of sp³-hybridized carbons (Fsp3) is 0.190. The normalized spacial score (nSPS) is 15.1. The van der Waals surface area contributed by atoms with Crippen molar-refractivity contribution in [2.24, 2.45) is 0 Å². The van der Waals surface area contributed by atoms with E-state index >= 15 is 0 Å². The molecule has 0 aliphatic carbocycles. The highest BCUT2D eigenvalue weighted by Crippen LogP contribution is 2.39. The fourth-order valence-corrected chi connectivity index (χ4v) is 3.04. The van der Waals surface area contributed by atoms with E-state index in [1.165, 1.54) is 34.5 Å². The minimum atomic E-state index is -0.864. The van der Waals surface area contributed by atoms with Gasteiger partial charge >= 0.3 is 6.03 Å². The molecule has 9 heteroatoms. The highest BCUT2D eigenvalue weighted by molar-refractivity contribution is 6.39. The molecule has 1 N–H and O–H groups in total. The first kappa shape index (κ1) is 20.7. The molecule has 1 heterocycles. The SMILES string of the molecule is COc1ccccc1N1C(=O)NC(=O)/C(=C\c2cc(OC)c(OC)c(OC)c2)C1=O. The molecule has 0 atom stereocenters. The average molecular weight is 412 g/mol. The summed E-state index contributed by atoms with van der Waals surface area (Å²) in [7, 11) is 5.79. The molecule has 4 amide bonds. The number of nitrogens with one attached hydrogen (secondary N) is 1. The zero-order chi connectivity index (χ0) is 21.8. The number of carbonyl (C=O) groups excluding carboxylic acids is 3. The van der Waals surface area contributed by atoms with Gasteiger partial charge in [-0.25, -0.2) is 9.69 Å². The van der Waals surface area contributed by atoms with Crippen LogP contribution in [-0.4, -0.2) is 46.3 Å². The lowest BCUT2D eigenvalue weighted by Gasteiger charge is -2.27. The predicted octanol–water partition coefficient (Wildman–Crippen LogP) is 2.39. The quantitative estimate of drug-likeness (QED) is 0.574. The van der Waals surface area contributed by atoms with Gasteiger partial charge in [-0.1, -0.05) is 12.1 Å². The number of nitrogens with zero attached hydrogens (tertiary/aromatic N) is 1. The molecule has 0 radical (unpaired) electrons. The van der Waals surface area contributed by atoms with Crippen molar-refractivity contribution in [2.75, 3.05) is 33.3 Å². The lowest BCUT2D eigenvalue weighted by molar-refractivity contribution is -0.122. The van der Waals surface area contributed by atoms with Crippen LogP contribution >= 0.6 is 0 Å². The van der Waals surface area contributed by atoms with E-state index in [-0.39, 0.29) is 11.3 Å². The van der Waals surface area contributed by atoms with Crippen LogP contribution in [0.5, 0.6) is 23.0 Å². The van der Waals surface area contributed by atoms with Gasteiger partial charge in [-0.15, -0.1) is 0 Å². The second-order valence-corrected chi connectivity index (χ2v) is 6.09. The third-order valence-electron chi connectivity index (χ3n) is 4.43. The highest BCUT2D eigenvalue weighted by atomic mass is 16.5. The smallest absolute Gasteiger partial charge is 0.336 e. The lowest BCUT2D eigenvalue weighted by atomic mass is 10.1. The van der Waals surface area contributed by atoms with E-state index < -0.39 is 17.8 Å². The molecule has 0 bridgehead atoms. The van der Waals surface area contributed by atoms with Crippen LogP contribution in [0.25, 0.3) is 6.08 Å². The van der Waals surface area contributed by atoms with Crippen molar-refractivity contribution in [3.63, 3.8) is 0 Å². The van der Waals surface area contributed by atoms with Gasteiger partial charge in [-0.3, -0.25) is 14.9 Å². The van der Waals surface area contributed by atoms with Gasteiger partial charge in [0.05, 0.1) is 34.1 Å². The van der Waals surface area contributed by atoms with E-state index in [4.69, 9.17) is 18.9 Å². The minimum absolute atomic E-state index is 0.214. The number of methoxy groups -OCH3 is 4. The summed E-state index contributed by atoms with van der Waals surface area (Å²) in [6.07, 6.45) is 1.34. The number of ether oxygens (including phenoxy) is 4. The van der Waals surface area contributed by atoms with Crippen LogP contribution in [0.1, 0.15) is 5.56 Å². The van der Waals surface area contributed by atoms with Crippen molar-refractivity contribution in [3.05, 3.63) is 47.5 Å². The number of imide groups is 2. The van der Waals surface area contributed by atoms with E-state index in [9.17, 15) is 14.4 Å². The van der Waals surface area contributed by atoms with Crippen LogP contribution in [-0.2, 0) is 9.59 Å². The molecule has 0 spiro atoms. The standard InChI is InChI=1S/C21H20N2O7/c1-27-15-8-6-5-7-14(15)23-20(25)13(19(24)22-21(23)26)9-12-10-16(28-2)18(30-4)17(11-12)29-3/h5-11H,1-4H3,(H,22,24,26)/b13-9+. The molecule has 156 valence electrons. The summed E-state index contributed by atoms with van der Waals surface area (Å²) in [6.45, 7) is 0. The molecule has 1 aliphatic rings. The Hall–Kier alpha value is -4.01. The number of anilines is 1. The van der Waals surface area contributed by atoms with Crippen molar-refractivity contribution >= 4 is 29.6 Å². The van der Waals surface area contributed by atoms with Gasteiger partial charge in [-0.05, 0) is 35.9 Å². The van der Waals surface area contributed by atoms with Gasteiger partial charge in [0.25, 0.3) is 11.8 Å². The van der Waals surface area contributed by atoms with Gasteiger partial charge in [0.2, 0.25) is 5.75 Å². The number of urea groups is 1. The van der Waals surface area contributed by atoms with Crippen LogP contribution in [0.3, 0.4) is 0 Å². The maximum absolute atomic E-state index is 13.1. The molecule has 9 nitrogen and oxygen atoms in total. The second-order valence-electron chi connectivity index (χ2n) is 6.09. The van der Waals surface area contributed by atoms with Crippen molar-refractivity contribution < 1.29 is 33.3 Å². The Bertz CT molecular complexity index is 1020. The van der Waals surface area contributed by atoms with Crippen LogP contribution < -0.4 is 29.2 Å². The molecule has 1 fully saturated rings. The summed E-state index contributed by atoms with van der Waals surface area (Å²) in [5.74, 6) is -0.225. The monoisotopic (exact) mass is 412 g/mol. The van der Waals surface area contributed by atoms with Crippen LogP contribution in [0, 0.1) is 0 Å². The number of para-hydroxylation sites is 2. The third kappa shape index (κ3) is 3.64. The van der Waals surface area contributed by atoms with Gasteiger partial charge in [0, 0.05) is 0 Å². The van der Waals surface area contributed by atoms with E-state index in [1.54, 1.807) is 36.4 Å². The molecule has 2 aromatic carbocycles. The Morgan fingerprint density at radius 2 is 1.43 bits per heavy atom. The van der Waals surface area contributed by atoms with Gasteiger partial charge in [0.1, 0.15) is 11.3 Å². The molecular formula is C21H20N2O7.